The van der Waals surface area contributed by atoms with Gasteiger partial charge in [0.15, 0.2) is 5.54 Å². The Balaban J connectivity index is 1.93. The van der Waals surface area contributed by atoms with Gasteiger partial charge in [0.05, 0.1) is 5.69 Å². The molecule has 0 fully saturated rings. The van der Waals surface area contributed by atoms with Crippen LogP contribution in [0.3, 0.4) is 0 Å². The molecule has 0 saturated carbocycles. The number of carbonyl (C=O) groups excluding carboxylic acids is 1. The second-order valence-corrected chi connectivity index (χ2v) is 6.67. The van der Waals surface area contributed by atoms with Crippen molar-refractivity contribution < 1.29 is 4.79 Å². The van der Waals surface area contributed by atoms with Crippen molar-refractivity contribution in [1.82, 2.24) is 5.01 Å². The molecule has 0 aliphatic carbocycles. The van der Waals surface area contributed by atoms with Gasteiger partial charge in [0, 0.05) is 5.02 Å². The minimum Gasteiger partial charge on any atom is -0.290 e. The molecule has 0 saturated heterocycles. The Bertz CT molecular complexity index is 829. The zero-order chi connectivity index (χ0) is 17.5. The summed E-state index contributed by atoms with van der Waals surface area (Å²) in [5, 5.41) is 2.16. The van der Waals surface area contributed by atoms with Crippen molar-refractivity contribution in [3.05, 3.63) is 64.2 Å². The molecule has 2 aromatic rings. The summed E-state index contributed by atoms with van der Waals surface area (Å²) >= 11 is 5.95. The number of rotatable bonds is 3. The van der Waals surface area contributed by atoms with Gasteiger partial charge in [-0.2, -0.15) is 0 Å². The van der Waals surface area contributed by atoms with Crippen molar-refractivity contribution in [3.8, 4) is 0 Å². The summed E-state index contributed by atoms with van der Waals surface area (Å²) in [6.07, 6.45) is 0. The lowest BCUT2D eigenvalue weighted by Crippen LogP contribution is -2.42. The third-order valence-electron chi connectivity index (χ3n) is 4.57. The predicted octanol–water partition coefficient (Wildman–Crippen LogP) is 4.46. The molecular formula is C19H20ClN3O. The molecule has 124 valence electrons. The lowest BCUT2D eigenvalue weighted by Gasteiger charge is -2.25. The normalized spacial score (nSPS) is 20.3. The largest absolute Gasteiger partial charge is 0.290 e. The molecule has 1 unspecified atom stereocenters. The molecule has 0 bridgehead atoms. The predicted molar refractivity (Wildman–Crippen MR) is 98.3 cm³/mol. The number of anilines is 1. The van der Waals surface area contributed by atoms with Crippen LogP contribution < -0.4 is 5.43 Å². The van der Waals surface area contributed by atoms with E-state index in [2.05, 4.69) is 10.4 Å². The Morgan fingerprint density at radius 2 is 1.75 bits per heavy atom. The van der Waals surface area contributed by atoms with Gasteiger partial charge in [-0.3, -0.25) is 10.2 Å². The minimum absolute atomic E-state index is 0.108. The van der Waals surface area contributed by atoms with Crippen molar-refractivity contribution in [2.75, 3.05) is 5.43 Å². The Hall–Kier alpha value is -2.33. The van der Waals surface area contributed by atoms with Crippen LogP contribution in [0.2, 0.25) is 5.02 Å². The van der Waals surface area contributed by atoms with Crippen LogP contribution >= 0.6 is 11.6 Å². The van der Waals surface area contributed by atoms with Crippen molar-refractivity contribution in [2.24, 2.45) is 4.99 Å². The first-order valence-corrected chi connectivity index (χ1v) is 8.20. The van der Waals surface area contributed by atoms with E-state index in [9.17, 15) is 4.79 Å². The zero-order valence-corrected chi connectivity index (χ0v) is 15.0. The third-order valence-corrected chi connectivity index (χ3v) is 4.82. The van der Waals surface area contributed by atoms with Gasteiger partial charge in [0.25, 0.3) is 5.91 Å². The van der Waals surface area contributed by atoms with E-state index in [0.29, 0.717) is 10.9 Å². The monoisotopic (exact) mass is 341 g/mol. The molecule has 1 aliphatic heterocycles. The quantitative estimate of drug-likeness (QED) is 0.895. The first kappa shape index (κ1) is 16.5. The summed E-state index contributed by atoms with van der Waals surface area (Å²) in [5.74, 6) is 0.529. The molecule has 5 heteroatoms. The number of hydrazine groups is 1. The molecular weight excluding hydrogens is 322 g/mol. The second kappa shape index (κ2) is 5.95. The van der Waals surface area contributed by atoms with E-state index in [1.54, 1.807) is 12.1 Å². The SMILES string of the molecule is CC1=NC(C)(c2ccc(Cl)cc2)C(=O)N1Nc1cccc(C)c1C. The summed E-state index contributed by atoms with van der Waals surface area (Å²) in [4.78, 5) is 17.7. The van der Waals surface area contributed by atoms with Gasteiger partial charge in [-0.15, -0.1) is 0 Å². The topological polar surface area (TPSA) is 44.7 Å². The minimum atomic E-state index is -0.945. The van der Waals surface area contributed by atoms with Crippen molar-refractivity contribution >= 4 is 29.0 Å². The van der Waals surface area contributed by atoms with Crippen LogP contribution in [0, 0.1) is 13.8 Å². The van der Waals surface area contributed by atoms with Gasteiger partial charge in [-0.25, -0.2) is 10.0 Å². The second-order valence-electron chi connectivity index (χ2n) is 6.24. The number of nitrogens with zero attached hydrogens (tertiary/aromatic N) is 2. The van der Waals surface area contributed by atoms with E-state index in [-0.39, 0.29) is 5.91 Å². The van der Waals surface area contributed by atoms with E-state index in [0.717, 1.165) is 16.8 Å². The van der Waals surface area contributed by atoms with Crippen molar-refractivity contribution in [2.45, 2.75) is 33.2 Å². The Kier molecular flexibility index (Phi) is 4.10. The summed E-state index contributed by atoms with van der Waals surface area (Å²) < 4.78 is 0. The molecule has 24 heavy (non-hydrogen) atoms. The molecule has 4 nitrogen and oxygen atoms in total. The van der Waals surface area contributed by atoms with Crippen LogP contribution in [-0.2, 0) is 10.3 Å². The molecule has 2 aromatic carbocycles. The number of aliphatic imine (C=N–C) groups is 1. The number of amidine groups is 1. The van der Waals surface area contributed by atoms with E-state index in [1.165, 1.54) is 10.6 Å². The number of amides is 1. The zero-order valence-electron chi connectivity index (χ0n) is 14.2. The van der Waals surface area contributed by atoms with Crippen LogP contribution in [0.4, 0.5) is 5.69 Å². The van der Waals surface area contributed by atoms with E-state index in [4.69, 9.17) is 11.6 Å². The van der Waals surface area contributed by atoms with Crippen LogP contribution in [0.25, 0.3) is 0 Å². The Morgan fingerprint density at radius 1 is 1.08 bits per heavy atom. The number of carbonyl (C=O) groups is 1. The summed E-state index contributed by atoms with van der Waals surface area (Å²) in [5.41, 5.74) is 6.27. The van der Waals surface area contributed by atoms with E-state index < -0.39 is 5.54 Å². The van der Waals surface area contributed by atoms with Gasteiger partial charge >= 0.3 is 0 Å². The van der Waals surface area contributed by atoms with Gasteiger partial charge < -0.3 is 0 Å². The van der Waals surface area contributed by atoms with Crippen LogP contribution in [0.1, 0.15) is 30.5 Å². The molecule has 1 N–H and O–H groups in total. The molecule has 1 atom stereocenters. The van der Waals surface area contributed by atoms with Gasteiger partial charge in [0.2, 0.25) is 0 Å². The summed E-state index contributed by atoms with van der Waals surface area (Å²) in [7, 11) is 0. The van der Waals surface area contributed by atoms with Gasteiger partial charge in [-0.05, 0) is 62.6 Å². The number of nitrogens with one attached hydrogen (secondary N) is 1. The average molecular weight is 342 g/mol. The third kappa shape index (κ3) is 2.67. The highest BCUT2D eigenvalue weighted by atomic mass is 35.5. The van der Waals surface area contributed by atoms with E-state index in [1.807, 2.05) is 58.0 Å². The fourth-order valence-electron chi connectivity index (χ4n) is 2.87. The van der Waals surface area contributed by atoms with Gasteiger partial charge in [0.1, 0.15) is 5.84 Å². The fraction of sp³-hybridized carbons (Fsp3) is 0.263. The maximum absolute atomic E-state index is 13.0. The number of hydrogen-bond donors (Lipinski definition) is 1. The number of halogens is 1. The Morgan fingerprint density at radius 3 is 2.42 bits per heavy atom. The fourth-order valence-corrected chi connectivity index (χ4v) is 3.00. The highest BCUT2D eigenvalue weighted by Crippen LogP contribution is 2.34. The average Bonchev–Trinajstić information content (AvgIpc) is 2.76. The number of benzene rings is 2. The summed E-state index contributed by atoms with van der Waals surface area (Å²) in [6.45, 7) is 7.73. The van der Waals surface area contributed by atoms with E-state index >= 15 is 0 Å². The first-order chi connectivity index (χ1) is 11.3. The Labute approximate surface area is 147 Å². The lowest BCUT2D eigenvalue weighted by molar-refractivity contribution is -0.130. The molecule has 0 aromatic heterocycles. The maximum atomic E-state index is 13.0. The maximum Gasteiger partial charge on any atom is 0.279 e. The van der Waals surface area contributed by atoms with Gasteiger partial charge in [-0.1, -0.05) is 35.9 Å². The first-order valence-electron chi connectivity index (χ1n) is 7.83. The number of hydrogen-bond acceptors (Lipinski definition) is 3. The lowest BCUT2D eigenvalue weighted by atomic mass is 9.92. The molecule has 0 spiro atoms. The molecule has 1 heterocycles. The molecule has 1 amide bonds. The molecule has 3 rings (SSSR count). The molecule has 1 aliphatic rings. The highest BCUT2D eigenvalue weighted by Gasteiger charge is 2.45. The smallest absolute Gasteiger partial charge is 0.279 e. The highest BCUT2D eigenvalue weighted by molar-refractivity contribution is 6.30. The standard InChI is InChI=1S/C19H20ClN3O/c1-12-6-5-7-17(13(12)2)22-23-14(3)21-19(4,18(23)24)15-8-10-16(20)11-9-15/h5-11,22H,1-4H3. The van der Waals surface area contributed by atoms with Crippen LogP contribution in [-0.4, -0.2) is 16.8 Å². The van der Waals surface area contributed by atoms with Crippen LogP contribution in [0.5, 0.6) is 0 Å². The molecule has 0 radical (unpaired) electrons. The van der Waals surface area contributed by atoms with Crippen LogP contribution in [0.15, 0.2) is 47.5 Å². The number of aryl methyl sites for hydroxylation is 1. The van der Waals surface area contributed by atoms with Crippen molar-refractivity contribution in [3.63, 3.8) is 0 Å². The summed E-state index contributed by atoms with van der Waals surface area (Å²) in [6, 6.07) is 13.2. The van der Waals surface area contributed by atoms with Crippen molar-refractivity contribution in [1.29, 1.82) is 0 Å².